The Morgan fingerprint density at radius 3 is 2.46 bits per heavy atom. The number of benzene rings is 2. The van der Waals surface area contributed by atoms with Crippen LogP contribution in [0.15, 0.2) is 63.6 Å². The van der Waals surface area contributed by atoms with Gasteiger partial charge >= 0.3 is 0 Å². The van der Waals surface area contributed by atoms with Crippen LogP contribution < -0.4 is 10.2 Å². The van der Waals surface area contributed by atoms with Gasteiger partial charge in [0.15, 0.2) is 0 Å². The average Bonchev–Trinajstić information content (AvgIpc) is 3.00. The summed E-state index contributed by atoms with van der Waals surface area (Å²) in [5.41, 5.74) is 1.21. The van der Waals surface area contributed by atoms with Gasteiger partial charge in [0.25, 0.3) is 5.91 Å². The number of anilines is 1. The number of hydrogen-bond donors (Lipinski definition) is 1. The van der Waals surface area contributed by atoms with Crippen molar-refractivity contribution in [2.75, 3.05) is 11.9 Å². The first-order valence-corrected chi connectivity index (χ1v) is 9.99. The van der Waals surface area contributed by atoms with Gasteiger partial charge in [-0.15, -0.1) is 0 Å². The molecule has 28 heavy (non-hydrogen) atoms. The van der Waals surface area contributed by atoms with Gasteiger partial charge in [-0.05, 0) is 48.4 Å². The molecule has 2 aromatic rings. The molecule has 142 valence electrons. The van der Waals surface area contributed by atoms with Crippen LogP contribution in [0.25, 0.3) is 0 Å². The molecule has 1 aliphatic heterocycles. The van der Waals surface area contributed by atoms with Crippen molar-refractivity contribution in [1.82, 2.24) is 5.32 Å². The molecule has 0 radical (unpaired) electrons. The lowest BCUT2D eigenvalue weighted by Gasteiger charge is -2.18. The second-order valence-corrected chi connectivity index (χ2v) is 8.07. The summed E-state index contributed by atoms with van der Waals surface area (Å²) in [5.74, 6) is -1.27. The Labute approximate surface area is 174 Å². The Bertz CT molecular complexity index is 984. The van der Waals surface area contributed by atoms with Crippen molar-refractivity contribution in [3.8, 4) is 6.07 Å². The van der Waals surface area contributed by atoms with E-state index in [1.807, 2.05) is 30.3 Å². The number of nitrogens with zero attached hydrogens (tertiary/aromatic N) is 2. The zero-order valence-corrected chi connectivity index (χ0v) is 17.2. The summed E-state index contributed by atoms with van der Waals surface area (Å²) >= 11 is 4.55. The molecule has 1 heterocycles. The van der Waals surface area contributed by atoms with E-state index in [1.165, 1.54) is 48.0 Å². The molecule has 0 bridgehead atoms. The molecule has 2 amide bonds. The van der Waals surface area contributed by atoms with Crippen LogP contribution in [-0.2, 0) is 16.0 Å². The quantitative estimate of drug-likeness (QED) is 0.557. The number of carbonyl (C=O) groups excluding carboxylic acids is 2. The second-order valence-electron chi connectivity index (χ2n) is 5.96. The van der Waals surface area contributed by atoms with Crippen molar-refractivity contribution in [2.24, 2.45) is 0 Å². The van der Waals surface area contributed by atoms with Crippen LogP contribution in [0.3, 0.4) is 0 Å². The first-order chi connectivity index (χ1) is 13.4. The summed E-state index contributed by atoms with van der Waals surface area (Å²) < 4.78 is 14.3. The summed E-state index contributed by atoms with van der Waals surface area (Å²) in [6, 6.07) is 14.9. The number of nitrogens with one attached hydrogen (secondary N) is 1. The molecule has 0 spiro atoms. The van der Waals surface area contributed by atoms with E-state index in [0.29, 0.717) is 12.1 Å². The van der Waals surface area contributed by atoms with Crippen molar-refractivity contribution in [3.63, 3.8) is 0 Å². The highest BCUT2D eigenvalue weighted by molar-refractivity contribution is 9.10. The molecular formula is C20H15BrFN3O2S. The Balaban J connectivity index is 2.03. The molecule has 2 aromatic carbocycles. The Morgan fingerprint density at radius 1 is 1.25 bits per heavy atom. The normalized spacial score (nSPS) is 18.0. The molecule has 3 rings (SSSR count). The lowest BCUT2D eigenvalue weighted by molar-refractivity contribution is -0.117. The van der Waals surface area contributed by atoms with E-state index in [0.717, 1.165) is 10.0 Å². The van der Waals surface area contributed by atoms with E-state index in [4.69, 9.17) is 0 Å². The van der Waals surface area contributed by atoms with Crippen molar-refractivity contribution in [3.05, 3.63) is 75.0 Å². The van der Waals surface area contributed by atoms with Gasteiger partial charge in [-0.3, -0.25) is 14.5 Å². The van der Waals surface area contributed by atoms with Crippen molar-refractivity contribution >= 4 is 45.2 Å². The first-order valence-electron chi connectivity index (χ1n) is 8.31. The van der Waals surface area contributed by atoms with E-state index in [-0.39, 0.29) is 16.5 Å². The number of hydrogen-bond acceptors (Lipinski definition) is 4. The number of amides is 2. The highest BCUT2D eigenvalue weighted by atomic mass is 79.9. The van der Waals surface area contributed by atoms with Crippen LogP contribution in [0.2, 0.25) is 0 Å². The Hall–Kier alpha value is -2.63. The molecule has 0 aromatic heterocycles. The van der Waals surface area contributed by atoms with E-state index in [2.05, 4.69) is 21.2 Å². The van der Waals surface area contributed by atoms with Gasteiger partial charge in [0.05, 0.1) is 5.25 Å². The van der Waals surface area contributed by atoms with Gasteiger partial charge in [0.1, 0.15) is 22.5 Å². The predicted molar refractivity (Wildman–Crippen MR) is 110 cm³/mol. The topological polar surface area (TPSA) is 73.2 Å². The van der Waals surface area contributed by atoms with Crippen molar-refractivity contribution < 1.29 is 14.0 Å². The number of likely N-dealkylation sites (N-methyl/N-ethyl adjacent to an activating group) is 1. The van der Waals surface area contributed by atoms with Crippen LogP contribution in [0.5, 0.6) is 0 Å². The Kier molecular flexibility index (Phi) is 6.17. The van der Waals surface area contributed by atoms with E-state index in [9.17, 15) is 19.2 Å². The fraction of sp³-hybridized carbons (Fsp3) is 0.150. The minimum atomic E-state index is -0.575. The zero-order chi connectivity index (χ0) is 20.3. The molecule has 5 nitrogen and oxygen atoms in total. The highest BCUT2D eigenvalue weighted by Gasteiger charge is 2.40. The van der Waals surface area contributed by atoms with Gasteiger partial charge < -0.3 is 5.32 Å². The molecule has 1 atom stereocenters. The van der Waals surface area contributed by atoms with Crippen LogP contribution >= 0.6 is 27.7 Å². The molecule has 1 saturated heterocycles. The van der Waals surface area contributed by atoms with E-state index in [1.54, 1.807) is 0 Å². The number of thioether (sulfide) groups is 1. The van der Waals surface area contributed by atoms with Crippen LogP contribution in [0.4, 0.5) is 10.1 Å². The van der Waals surface area contributed by atoms with Crippen LogP contribution in [0, 0.1) is 17.1 Å². The van der Waals surface area contributed by atoms with Gasteiger partial charge in [-0.25, -0.2) is 4.39 Å². The van der Waals surface area contributed by atoms with Crippen molar-refractivity contribution in [1.29, 1.82) is 5.26 Å². The van der Waals surface area contributed by atoms with Gasteiger partial charge in [0.2, 0.25) is 5.91 Å². The van der Waals surface area contributed by atoms with Crippen molar-refractivity contribution in [2.45, 2.75) is 11.7 Å². The fourth-order valence-electron chi connectivity index (χ4n) is 2.77. The third kappa shape index (κ3) is 4.11. The van der Waals surface area contributed by atoms with E-state index < -0.39 is 17.0 Å². The maximum Gasteiger partial charge on any atom is 0.264 e. The molecule has 1 fully saturated rings. The number of nitriles is 1. The lowest BCUT2D eigenvalue weighted by atomic mass is 10.1. The third-order valence-electron chi connectivity index (χ3n) is 4.15. The summed E-state index contributed by atoms with van der Waals surface area (Å²) in [5, 5.41) is 11.7. The second kappa shape index (κ2) is 8.59. The summed E-state index contributed by atoms with van der Waals surface area (Å²) in [6.07, 6.45) is 0.435. The summed E-state index contributed by atoms with van der Waals surface area (Å²) in [6.45, 7) is 0. The predicted octanol–water partition coefficient (Wildman–Crippen LogP) is 3.76. The standard InChI is InChI=1S/C20H15BrFN3O2S/c1-24-18(26)16(11-23)20-25(15-8-6-14(22)7-9-15)19(27)17(28-20)10-12-2-4-13(21)5-3-12/h2-9,17H,10H2,1H3,(H,24,26)/b20-16-/t17-/m0/s1. The monoisotopic (exact) mass is 459 g/mol. The summed E-state index contributed by atoms with van der Waals surface area (Å²) in [4.78, 5) is 26.6. The van der Waals surface area contributed by atoms with Gasteiger partial charge in [-0.1, -0.05) is 39.8 Å². The fourth-order valence-corrected chi connectivity index (χ4v) is 4.34. The first kappa shape index (κ1) is 20.1. The molecule has 1 aliphatic rings. The van der Waals surface area contributed by atoms with Crippen LogP contribution in [0.1, 0.15) is 5.56 Å². The number of rotatable bonds is 4. The Morgan fingerprint density at radius 2 is 1.89 bits per heavy atom. The van der Waals surface area contributed by atoms with Gasteiger partial charge in [-0.2, -0.15) is 5.26 Å². The van der Waals surface area contributed by atoms with Gasteiger partial charge in [0, 0.05) is 17.2 Å². The molecular weight excluding hydrogens is 445 g/mol. The van der Waals surface area contributed by atoms with Crippen LogP contribution in [-0.4, -0.2) is 24.1 Å². The smallest absolute Gasteiger partial charge is 0.264 e. The largest absolute Gasteiger partial charge is 0.354 e. The lowest BCUT2D eigenvalue weighted by Crippen LogP contribution is -2.31. The molecule has 8 heteroatoms. The third-order valence-corrected chi connectivity index (χ3v) is 5.94. The molecule has 0 aliphatic carbocycles. The molecule has 1 N–H and O–H groups in total. The average molecular weight is 460 g/mol. The number of halogens is 2. The molecule has 0 saturated carbocycles. The summed E-state index contributed by atoms with van der Waals surface area (Å²) in [7, 11) is 1.42. The van der Waals surface area contributed by atoms with E-state index >= 15 is 0 Å². The SMILES string of the molecule is CNC(=O)/C(C#N)=C1\S[C@@H](Cc2ccc(Br)cc2)C(=O)N1c1ccc(F)cc1. The number of carbonyl (C=O) groups is 2. The molecule has 0 unspecified atom stereocenters. The maximum atomic E-state index is 13.3. The maximum absolute atomic E-state index is 13.3. The minimum Gasteiger partial charge on any atom is -0.354 e. The minimum absolute atomic E-state index is 0.150. The highest BCUT2D eigenvalue weighted by Crippen LogP contribution is 2.41. The zero-order valence-electron chi connectivity index (χ0n) is 14.8.